The first-order valence-corrected chi connectivity index (χ1v) is 9.59. The van der Waals surface area contributed by atoms with Gasteiger partial charge in [-0.3, -0.25) is 9.59 Å². The van der Waals surface area contributed by atoms with Gasteiger partial charge in [-0.1, -0.05) is 12.1 Å². The molecule has 1 N–H and O–H groups in total. The molecule has 0 radical (unpaired) electrons. The van der Waals surface area contributed by atoms with Crippen molar-refractivity contribution >= 4 is 35.0 Å². The van der Waals surface area contributed by atoms with Gasteiger partial charge in [0.2, 0.25) is 11.8 Å². The number of nitrogens with one attached hydrogen (secondary N) is 1. The molecule has 1 aliphatic carbocycles. The van der Waals surface area contributed by atoms with E-state index in [-0.39, 0.29) is 23.5 Å². The molecule has 2 aliphatic rings. The van der Waals surface area contributed by atoms with Crippen molar-refractivity contribution in [3.63, 3.8) is 0 Å². The highest BCUT2D eigenvalue weighted by Gasteiger charge is 2.68. The van der Waals surface area contributed by atoms with Gasteiger partial charge in [0, 0.05) is 25.6 Å². The monoisotopic (exact) mass is 400 g/mol. The van der Waals surface area contributed by atoms with Gasteiger partial charge in [-0.2, -0.15) is 0 Å². The molecule has 1 heterocycles. The van der Waals surface area contributed by atoms with Crippen molar-refractivity contribution in [3.8, 4) is 0 Å². The van der Waals surface area contributed by atoms with Crippen molar-refractivity contribution in [1.29, 1.82) is 0 Å². The van der Waals surface area contributed by atoms with E-state index in [1.165, 1.54) is 6.07 Å². The third-order valence-electron chi connectivity index (χ3n) is 5.59. The molecule has 1 atom stereocenters. The highest BCUT2D eigenvalue weighted by molar-refractivity contribution is 6.53. The molecule has 26 heavy (non-hydrogen) atoms. The molecule has 0 spiro atoms. The third kappa shape index (κ3) is 3.70. The van der Waals surface area contributed by atoms with Crippen LogP contribution in [0.1, 0.15) is 37.3 Å². The largest absolute Gasteiger partial charge is 0.352 e. The number of benzene rings is 1. The van der Waals surface area contributed by atoms with Crippen LogP contribution in [0.15, 0.2) is 18.2 Å². The van der Waals surface area contributed by atoms with E-state index in [1.807, 2.05) is 0 Å². The smallest absolute Gasteiger partial charge is 0.231 e. The predicted molar refractivity (Wildman–Crippen MR) is 99.4 cm³/mol. The summed E-state index contributed by atoms with van der Waals surface area (Å²) in [5.74, 6) is -0.499. The Kier molecular flexibility index (Phi) is 5.24. The summed E-state index contributed by atoms with van der Waals surface area (Å²) in [4.78, 5) is 26.7. The summed E-state index contributed by atoms with van der Waals surface area (Å²) in [7, 11) is 0. The highest BCUT2D eigenvalue weighted by Crippen LogP contribution is 2.64. The normalized spacial score (nSPS) is 25.0. The van der Waals surface area contributed by atoms with Crippen LogP contribution in [0, 0.1) is 24.1 Å². The standard InChI is InChI=1S/C19H23Cl2FN2O2/c1-12-3-4-13(9-15(12)22)10-23-16(25)14-5-7-24(8-6-14)17(26)18(2)11-19(18,20)21/h3-4,9,14H,5-8,10-11H2,1-2H3,(H,23,25)/t18-/m1/s1. The summed E-state index contributed by atoms with van der Waals surface area (Å²) in [5.41, 5.74) is 0.608. The Labute approximate surface area is 163 Å². The number of hydrogen-bond donors (Lipinski definition) is 1. The molecule has 1 aromatic carbocycles. The van der Waals surface area contributed by atoms with Crippen LogP contribution in [0.5, 0.6) is 0 Å². The Bertz CT molecular complexity index is 732. The molecule has 2 amide bonds. The maximum atomic E-state index is 13.6. The molecule has 7 heteroatoms. The van der Waals surface area contributed by atoms with E-state index in [1.54, 1.807) is 30.9 Å². The molecule has 2 fully saturated rings. The molecule has 3 rings (SSSR count). The fraction of sp³-hybridized carbons (Fsp3) is 0.579. The fourth-order valence-electron chi connectivity index (χ4n) is 3.41. The van der Waals surface area contributed by atoms with E-state index >= 15 is 0 Å². The molecule has 1 aliphatic heterocycles. The second kappa shape index (κ2) is 7.01. The van der Waals surface area contributed by atoms with Crippen molar-refractivity contribution in [2.45, 2.75) is 44.0 Å². The van der Waals surface area contributed by atoms with Crippen LogP contribution in [0.3, 0.4) is 0 Å². The molecule has 1 saturated carbocycles. The number of nitrogens with zero attached hydrogens (tertiary/aromatic N) is 1. The van der Waals surface area contributed by atoms with E-state index in [9.17, 15) is 14.0 Å². The first kappa shape index (κ1) is 19.4. The van der Waals surface area contributed by atoms with Crippen molar-refractivity contribution in [1.82, 2.24) is 10.2 Å². The Hall–Kier alpha value is -1.33. The third-order valence-corrected chi connectivity index (χ3v) is 6.69. The maximum Gasteiger partial charge on any atom is 0.231 e. The van der Waals surface area contributed by atoms with E-state index in [2.05, 4.69) is 5.32 Å². The lowest BCUT2D eigenvalue weighted by Gasteiger charge is -2.33. The summed E-state index contributed by atoms with van der Waals surface area (Å²) in [6.07, 6.45) is 1.68. The minimum Gasteiger partial charge on any atom is -0.352 e. The number of piperidine rings is 1. The number of likely N-dealkylation sites (tertiary alicyclic amines) is 1. The Balaban J connectivity index is 1.48. The lowest BCUT2D eigenvalue weighted by molar-refractivity contribution is -0.140. The molecule has 0 aromatic heterocycles. The summed E-state index contributed by atoms with van der Waals surface area (Å²) in [6, 6.07) is 4.95. The van der Waals surface area contributed by atoms with Crippen LogP contribution in [-0.4, -0.2) is 34.1 Å². The van der Waals surface area contributed by atoms with E-state index in [0.717, 1.165) is 5.56 Å². The maximum absolute atomic E-state index is 13.6. The zero-order valence-electron chi connectivity index (χ0n) is 14.9. The van der Waals surface area contributed by atoms with Gasteiger partial charge in [-0.05, 0) is 50.3 Å². The molecular formula is C19H23Cl2FN2O2. The van der Waals surface area contributed by atoms with Gasteiger partial charge in [-0.25, -0.2) is 4.39 Å². The quantitative estimate of drug-likeness (QED) is 0.785. The summed E-state index contributed by atoms with van der Waals surface area (Å²) >= 11 is 12.2. The molecule has 0 unspecified atom stereocenters. The second-order valence-corrected chi connectivity index (χ2v) is 9.07. The average Bonchev–Trinajstić information content (AvgIpc) is 3.14. The number of carbonyl (C=O) groups excluding carboxylic acids is 2. The molecular weight excluding hydrogens is 378 g/mol. The predicted octanol–water partition coefficient (Wildman–Crippen LogP) is 3.57. The Morgan fingerprint density at radius 2 is 1.92 bits per heavy atom. The van der Waals surface area contributed by atoms with Gasteiger partial charge in [0.15, 0.2) is 0 Å². The number of carbonyl (C=O) groups is 2. The van der Waals surface area contributed by atoms with Crippen LogP contribution in [0.25, 0.3) is 0 Å². The van der Waals surface area contributed by atoms with Crippen molar-refractivity contribution in [2.24, 2.45) is 11.3 Å². The zero-order chi connectivity index (χ0) is 19.1. The minimum absolute atomic E-state index is 0.0310. The number of rotatable bonds is 4. The molecule has 1 saturated heterocycles. The molecule has 4 nitrogen and oxygen atoms in total. The number of halogens is 3. The van der Waals surface area contributed by atoms with Crippen molar-refractivity contribution in [2.75, 3.05) is 13.1 Å². The van der Waals surface area contributed by atoms with Crippen LogP contribution in [0.4, 0.5) is 4.39 Å². The summed E-state index contributed by atoms with van der Waals surface area (Å²) < 4.78 is 12.6. The molecule has 0 bridgehead atoms. The zero-order valence-corrected chi connectivity index (χ0v) is 16.5. The fourth-order valence-corrected chi connectivity index (χ4v) is 4.10. The van der Waals surface area contributed by atoms with Gasteiger partial charge in [0.25, 0.3) is 0 Å². The van der Waals surface area contributed by atoms with E-state index < -0.39 is 9.75 Å². The van der Waals surface area contributed by atoms with Gasteiger partial charge in [0.1, 0.15) is 10.2 Å². The summed E-state index contributed by atoms with van der Waals surface area (Å²) in [6.45, 7) is 4.83. The second-order valence-electron chi connectivity index (χ2n) is 7.58. The molecule has 142 valence electrons. The average molecular weight is 401 g/mol. The first-order valence-electron chi connectivity index (χ1n) is 8.84. The van der Waals surface area contributed by atoms with Gasteiger partial charge >= 0.3 is 0 Å². The van der Waals surface area contributed by atoms with Crippen LogP contribution in [-0.2, 0) is 16.1 Å². The van der Waals surface area contributed by atoms with Gasteiger partial charge < -0.3 is 10.2 Å². The lowest BCUT2D eigenvalue weighted by atomic mass is 9.94. The Morgan fingerprint density at radius 1 is 1.31 bits per heavy atom. The number of amides is 2. The highest BCUT2D eigenvalue weighted by atomic mass is 35.5. The van der Waals surface area contributed by atoms with Gasteiger partial charge in [0.05, 0.1) is 5.41 Å². The Morgan fingerprint density at radius 3 is 2.46 bits per heavy atom. The van der Waals surface area contributed by atoms with Crippen molar-refractivity contribution < 1.29 is 14.0 Å². The van der Waals surface area contributed by atoms with E-state index in [4.69, 9.17) is 23.2 Å². The SMILES string of the molecule is Cc1ccc(CNC(=O)C2CCN(C(=O)[C@@]3(C)CC3(Cl)Cl)CC2)cc1F. The topological polar surface area (TPSA) is 49.4 Å². The van der Waals surface area contributed by atoms with Crippen molar-refractivity contribution in [3.05, 3.63) is 35.1 Å². The van der Waals surface area contributed by atoms with E-state index in [0.29, 0.717) is 44.5 Å². The first-order chi connectivity index (χ1) is 12.1. The van der Waals surface area contributed by atoms with Crippen LogP contribution in [0.2, 0.25) is 0 Å². The molecule has 1 aromatic rings. The summed E-state index contributed by atoms with van der Waals surface area (Å²) in [5, 5.41) is 2.86. The number of hydrogen-bond acceptors (Lipinski definition) is 2. The van der Waals surface area contributed by atoms with Crippen LogP contribution >= 0.6 is 23.2 Å². The number of aryl methyl sites for hydroxylation is 1. The lowest BCUT2D eigenvalue weighted by Crippen LogP contribution is -2.46. The minimum atomic E-state index is -0.971. The van der Waals surface area contributed by atoms with Crippen LogP contribution < -0.4 is 5.32 Å². The van der Waals surface area contributed by atoms with Gasteiger partial charge in [-0.15, -0.1) is 23.2 Å². The number of alkyl halides is 2.